The molecule has 96 valence electrons. The van der Waals surface area contributed by atoms with Gasteiger partial charge < -0.3 is 4.52 Å². The number of nitrogens with zero attached hydrogens (tertiary/aromatic N) is 4. The lowest BCUT2D eigenvalue weighted by Gasteiger charge is -1.89. The zero-order valence-electron chi connectivity index (χ0n) is 10.1. The van der Waals surface area contributed by atoms with E-state index in [2.05, 4.69) is 27.3 Å². The van der Waals surface area contributed by atoms with Gasteiger partial charge in [0.25, 0.3) is 0 Å². The third kappa shape index (κ3) is 2.89. The van der Waals surface area contributed by atoms with Crippen molar-refractivity contribution in [1.29, 1.82) is 0 Å². The van der Waals surface area contributed by atoms with E-state index in [1.54, 1.807) is 23.1 Å². The number of aromatic nitrogens is 4. The van der Waals surface area contributed by atoms with Gasteiger partial charge >= 0.3 is 0 Å². The van der Waals surface area contributed by atoms with Crippen LogP contribution >= 0.6 is 23.1 Å². The van der Waals surface area contributed by atoms with Gasteiger partial charge in [0, 0.05) is 12.3 Å². The van der Waals surface area contributed by atoms with Gasteiger partial charge in [-0.15, -0.1) is 10.2 Å². The molecule has 0 amide bonds. The number of hydrogen-bond donors (Lipinski definition) is 0. The van der Waals surface area contributed by atoms with Gasteiger partial charge in [0.2, 0.25) is 5.89 Å². The fourth-order valence-corrected chi connectivity index (χ4v) is 3.45. The predicted molar refractivity (Wildman–Crippen MR) is 69.7 cm³/mol. The molecule has 18 heavy (non-hydrogen) atoms. The first-order chi connectivity index (χ1) is 8.85. The van der Waals surface area contributed by atoms with E-state index in [1.165, 1.54) is 17.8 Å². The van der Waals surface area contributed by atoms with Crippen LogP contribution in [0.5, 0.6) is 0 Å². The molecule has 0 atom stereocenters. The largest absolute Gasteiger partial charge is 0.338 e. The fraction of sp³-hybridized carbons (Fsp3) is 0.636. The maximum absolute atomic E-state index is 5.18. The molecule has 1 saturated carbocycles. The van der Waals surface area contributed by atoms with Crippen LogP contribution in [-0.2, 0) is 12.2 Å². The third-order valence-electron chi connectivity index (χ3n) is 2.65. The number of aryl methyl sites for hydroxylation is 1. The highest BCUT2D eigenvalue weighted by Crippen LogP contribution is 2.42. The molecule has 0 N–H and O–H groups in total. The molecule has 1 aliphatic carbocycles. The molecule has 0 spiro atoms. The van der Waals surface area contributed by atoms with Crippen molar-refractivity contribution in [2.45, 2.75) is 48.6 Å². The van der Waals surface area contributed by atoms with Gasteiger partial charge in [-0.3, -0.25) is 0 Å². The van der Waals surface area contributed by atoms with Gasteiger partial charge in [0.1, 0.15) is 5.01 Å². The lowest BCUT2D eigenvalue weighted by molar-refractivity contribution is 0.384. The van der Waals surface area contributed by atoms with Crippen LogP contribution in [0.15, 0.2) is 8.86 Å². The highest BCUT2D eigenvalue weighted by Gasteiger charge is 2.27. The third-order valence-corrected chi connectivity index (χ3v) is 4.86. The second kappa shape index (κ2) is 5.36. The molecule has 0 aromatic carbocycles. The van der Waals surface area contributed by atoms with Gasteiger partial charge in [-0.1, -0.05) is 35.2 Å². The van der Waals surface area contributed by atoms with Gasteiger partial charge in [-0.2, -0.15) is 4.98 Å². The molecule has 2 heterocycles. The molecular formula is C11H14N4OS2. The maximum Gasteiger partial charge on any atom is 0.237 e. The molecule has 7 heteroatoms. The summed E-state index contributed by atoms with van der Waals surface area (Å²) >= 11 is 3.31. The first-order valence-corrected chi connectivity index (χ1v) is 7.93. The Labute approximate surface area is 113 Å². The second-order valence-corrected chi connectivity index (χ2v) is 6.56. The summed E-state index contributed by atoms with van der Waals surface area (Å²) in [6.45, 7) is 2.10. The number of hydrogen-bond acceptors (Lipinski definition) is 7. The average Bonchev–Trinajstić information content (AvgIpc) is 2.95. The molecule has 2 aromatic heterocycles. The Hall–Kier alpha value is -0.950. The van der Waals surface area contributed by atoms with Gasteiger partial charge in [-0.25, -0.2) is 0 Å². The standard InChI is InChI=1S/C11H14N4OS2/c1-2-3-8-12-9(16-15-8)6-17-11-14-13-10(18-11)7-4-5-7/h7H,2-6H2,1H3. The molecule has 1 aliphatic rings. The van der Waals surface area contributed by atoms with Crippen LogP contribution in [0.3, 0.4) is 0 Å². The minimum Gasteiger partial charge on any atom is -0.338 e. The van der Waals surface area contributed by atoms with Crippen molar-refractivity contribution >= 4 is 23.1 Å². The van der Waals surface area contributed by atoms with Crippen LogP contribution in [0, 0.1) is 0 Å². The van der Waals surface area contributed by atoms with Crippen LogP contribution < -0.4 is 0 Å². The van der Waals surface area contributed by atoms with Gasteiger partial charge in [-0.05, 0) is 19.3 Å². The molecule has 2 aromatic rings. The smallest absolute Gasteiger partial charge is 0.237 e. The monoisotopic (exact) mass is 282 g/mol. The molecule has 0 unspecified atom stereocenters. The van der Waals surface area contributed by atoms with E-state index in [0.29, 0.717) is 17.6 Å². The van der Waals surface area contributed by atoms with E-state index in [1.807, 2.05) is 0 Å². The Morgan fingerprint density at radius 1 is 1.39 bits per heavy atom. The Kier molecular flexibility index (Phi) is 3.60. The summed E-state index contributed by atoms with van der Waals surface area (Å²) in [5.41, 5.74) is 0. The minimum absolute atomic E-state index is 0.673. The van der Waals surface area contributed by atoms with E-state index < -0.39 is 0 Å². The Morgan fingerprint density at radius 3 is 3.06 bits per heavy atom. The van der Waals surface area contributed by atoms with E-state index in [4.69, 9.17) is 4.52 Å². The normalized spacial score (nSPS) is 15.2. The predicted octanol–water partition coefficient (Wildman–Crippen LogP) is 3.04. The van der Waals surface area contributed by atoms with Crippen molar-refractivity contribution < 1.29 is 4.52 Å². The van der Waals surface area contributed by atoms with Crippen molar-refractivity contribution in [3.8, 4) is 0 Å². The Balaban J connectivity index is 1.55. The first kappa shape index (κ1) is 12.1. The molecule has 1 fully saturated rings. The molecule has 0 bridgehead atoms. The van der Waals surface area contributed by atoms with Crippen LogP contribution in [-0.4, -0.2) is 20.3 Å². The summed E-state index contributed by atoms with van der Waals surface area (Å²) in [4.78, 5) is 4.33. The van der Waals surface area contributed by atoms with Crippen molar-refractivity contribution in [3.63, 3.8) is 0 Å². The first-order valence-electron chi connectivity index (χ1n) is 6.13. The summed E-state index contributed by atoms with van der Waals surface area (Å²) in [6, 6.07) is 0. The zero-order chi connectivity index (χ0) is 12.4. The molecule has 3 rings (SSSR count). The SMILES string of the molecule is CCCc1noc(CSc2nnc(C3CC3)s2)n1. The summed E-state index contributed by atoms with van der Waals surface area (Å²) in [5.74, 6) is 2.82. The molecule has 0 aliphatic heterocycles. The van der Waals surface area contributed by atoms with Crippen LogP contribution in [0.1, 0.15) is 48.8 Å². The van der Waals surface area contributed by atoms with Crippen LogP contribution in [0.25, 0.3) is 0 Å². The highest BCUT2D eigenvalue weighted by atomic mass is 32.2. The summed E-state index contributed by atoms with van der Waals surface area (Å²) < 4.78 is 6.17. The van der Waals surface area contributed by atoms with Crippen LogP contribution in [0.2, 0.25) is 0 Å². The second-order valence-electron chi connectivity index (χ2n) is 4.32. The van der Waals surface area contributed by atoms with E-state index >= 15 is 0 Å². The van der Waals surface area contributed by atoms with Crippen molar-refractivity contribution in [3.05, 3.63) is 16.7 Å². The van der Waals surface area contributed by atoms with Gasteiger partial charge in [0.05, 0.1) is 5.75 Å². The molecule has 0 radical (unpaired) electrons. The lowest BCUT2D eigenvalue weighted by Crippen LogP contribution is -1.86. The Bertz CT molecular complexity index is 521. The quantitative estimate of drug-likeness (QED) is 0.759. The summed E-state index contributed by atoms with van der Waals surface area (Å²) in [6.07, 6.45) is 4.44. The zero-order valence-corrected chi connectivity index (χ0v) is 11.8. The lowest BCUT2D eigenvalue weighted by atomic mass is 10.3. The van der Waals surface area contributed by atoms with Gasteiger partial charge in [0.15, 0.2) is 10.2 Å². The summed E-state index contributed by atoms with van der Waals surface area (Å²) in [5, 5.41) is 13.5. The topological polar surface area (TPSA) is 64.7 Å². The van der Waals surface area contributed by atoms with Crippen molar-refractivity contribution in [1.82, 2.24) is 20.3 Å². The minimum atomic E-state index is 0.673. The number of rotatable bonds is 6. The van der Waals surface area contributed by atoms with E-state index in [0.717, 1.165) is 23.0 Å². The van der Waals surface area contributed by atoms with Crippen LogP contribution in [0.4, 0.5) is 0 Å². The molecular weight excluding hydrogens is 268 g/mol. The maximum atomic E-state index is 5.18. The molecule has 5 nitrogen and oxygen atoms in total. The van der Waals surface area contributed by atoms with E-state index in [-0.39, 0.29) is 0 Å². The molecule has 0 saturated heterocycles. The van der Waals surface area contributed by atoms with E-state index in [9.17, 15) is 0 Å². The Morgan fingerprint density at radius 2 is 2.28 bits per heavy atom. The van der Waals surface area contributed by atoms with Crippen molar-refractivity contribution in [2.75, 3.05) is 0 Å². The highest BCUT2D eigenvalue weighted by molar-refractivity contribution is 8.00. The summed E-state index contributed by atoms with van der Waals surface area (Å²) in [7, 11) is 0. The average molecular weight is 282 g/mol. The fourth-order valence-electron chi connectivity index (χ4n) is 1.57. The van der Waals surface area contributed by atoms with Crippen molar-refractivity contribution in [2.24, 2.45) is 0 Å². The number of thioether (sulfide) groups is 1.